The van der Waals surface area contributed by atoms with Gasteiger partial charge in [-0.1, -0.05) is 91.9 Å². The van der Waals surface area contributed by atoms with E-state index in [0.29, 0.717) is 5.41 Å². The molecule has 8 bridgehead atoms. The molecule has 0 radical (unpaired) electrons. The highest BCUT2D eigenvalue weighted by Crippen LogP contribution is 2.71. The molecule has 0 saturated heterocycles. The number of rotatable bonds is 2. The lowest BCUT2D eigenvalue weighted by atomic mass is 9.60. The molecule has 14 unspecified atom stereocenters. The van der Waals surface area contributed by atoms with Crippen LogP contribution in [-0.4, -0.2) is 0 Å². The maximum atomic E-state index is 2.55. The standard InChI is InChI=1S/C19H22.C18H20/c1-19(15-5-3-2-4-6-15)11-14-10-16(19)18-13-8-7-12(9-13)17(14)18;1-2-4-11(5-3-1)15-9-14-10-16(15)18-13-7-6-12(8-13)17(14)18/h2-8,12-14,16-18H,9-11H2,1H3;1-7,12-18H,8-10H2. The molecule has 6 saturated carbocycles. The molecule has 0 spiro atoms. The quantitative estimate of drug-likeness (QED) is 0.294. The van der Waals surface area contributed by atoms with Crippen molar-refractivity contribution in [3.8, 4) is 0 Å². The van der Waals surface area contributed by atoms with Crippen LogP contribution in [0.4, 0.5) is 0 Å². The van der Waals surface area contributed by atoms with Gasteiger partial charge in [0.25, 0.3) is 0 Å². The lowest BCUT2D eigenvalue weighted by molar-refractivity contribution is 0.131. The molecule has 0 amide bonds. The summed E-state index contributed by atoms with van der Waals surface area (Å²) in [5.41, 5.74) is 3.69. The van der Waals surface area contributed by atoms with Crippen LogP contribution in [0.25, 0.3) is 0 Å². The summed E-state index contributed by atoms with van der Waals surface area (Å²) in [6.07, 6.45) is 19.1. The van der Waals surface area contributed by atoms with Crippen molar-refractivity contribution >= 4 is 0 Å². The van der Waals surface area contributed by atoms with E-state index in [1.54, 1.807) is 11.1 Å². The highest BCUT2D eigenvalue weighted by atomic mass is 14.7. The molecule has 0 nitrogen and oxygen atoms in total. The van der Waals surface area contributed by atoms with Gasteiger partial charge in [0.2, 0.25) is 0 Å². The van der Waals surface area contributed by atoms with Crippen molar-refractivity contribution in [3.05, 3.63) is 96.1 Å². The molecule has 37 heavy (non-hydrogen) atoms. The Balaban J connectivity index is 0.000000110. The Labute approximate surface area is 223 Å². The summed E-state index contributed by atoms with van der Waals surface area (Å²) in [7, 11) is 0. The summed E-state index contributed by atoms with van der Waals surface area (Å²) in [5.74, 6) is 12.9. The van der Waals surface area contributed by atoms with Gasteiger partial charge in [-0.05, 0) is 132 Å². The van der Waals surface area contributed by atoms with E-state index in [9.17, 15) is 0 Å². The molecule has 190 valence electrons. The average Bonchev–Trinajstić information content (AvgIpc) is 3.78. The van der Waals surface area contributed by atoms with Gasteiger partial charge < -0.3 is 0 Å². The Hall–Kier alpha value is -2.08. The zero-order valence-corrected chi connectivity index (χ0v) is 22.3. The van der Waals surface area contributed by atoms with E-state index in [1.165, 1.54) is 38.5 Å². The fourth-order valence-corrected chi connectivity index (χ4v) is 12.6. The number of hydrogen-bond acceptors (Lipinski definition) is 0. The molecule has 14 atom stereocenters. The minimum Gasteiger partial charge on any atom is -0.0848 e. The normalized spacial score (nSPS) is 52.0. The highest BCUT2D eigenvalue weighted by molar-refractivity contribution is 5.33. The third-order valence-electron chi connectivity index (χ3n) is 13.6. The average molecular weight is 487 g/mol. The van der Waals surface area contributed by atoms with Gasteiger partial charge in [0.1, 0.15) is 0 Å². The first-order valence-corrected chi connectivity index (χ1v) is 15.7. The zero-order valence-electron chi connectivity index (χ0n) is 22.3. The molecular formula is C37H42. The maximum Gasteiger partial charge on any atom is -0.00412 e. The Kier molecular flexibility index (Phi) is 4.56. The molecule has 0 heterocycles. The highest BCUT2D eigenvalue weighted by Gasteiger charge is 2.65. The molecule has 2 aromatic carbocycles. The van der Waals surface area contributed by atoms with Crippen molar-refractivity contribution in [1.29, 1.82) is 0 Å². The van der Waals surface area contributed by atoms with Crippen molar-refractivity contribution < 1.29 is 0 Å². The van der Waals surface area contributed by atoms with E-state index in [0.717, 1.165) is 76.9 Å². The van der Waals surface area contributed by atoms with Crippen molar-refractivity contribution in [3.63, 3.8) is 0 Å². The van der Waals surface area contributed by atoms with Crippen LogP contribution in [0, 0.1) is 71.0 Å². The molecule has 10 rings (SSSR count). The molecule has 2 aromatic rings. The van der Waals surface area contributed by atoms with Crippen LogP contribution >= 0.6 is 0 Å². The van der Waals surface area contributed by atoms with Crippen LogP contribution in [0.2, 0.25) is 0 Å². The van der Waals surface area contributed by atoms with Crippen molar-refractivity contribution in [2.45, 2.75) is 56.8 Å². The first kappa shape index (κ1) is 21.8. The topological polar surface area (TPSA) is 0 Å². The van der Waals surface area contributed by atoms with Gasteiger partial charge in [-0.2, -0.15) is 0 Å². The molecule has 0 aliphatic heterocycles. The zero-order chi connectivity index (χ0) is 24.3. The van der Waals surface area contributed by atoms with Gasteiger partial charge in [-0.15, -0.1) is 0 Å². The summed E-state index contributed by atoms with van der Waals surface area (Å²) in [4.78, 5) is 0. The first-order valence-electron chi connectivity index (χ1n) is 15.7. The first-order chi connectivity index (χ1) is 18.2. The second-order valence-electron chi connectivity index (χ2n) is 14.7. The van der Waals surface area contributed by atoms with Crippen LogP contribution in [0.3, 0.4) is 0 Å². The van der Waals surface area contributed by atoms with E-state index in [2.05, 4.69) is 91.9 Å². The molecule has 0 heteroatoms. The third kappa shape index (κ3) is 2.91. The van der Waals surface area contributed by atoms with Gasteiger partial charge in [0, 0.05) is 0 Å². The predicted molar refractivity (Wildman–Crippen MR) is 151 cm³/mol. The van der Waals surface area contributed by atoms with Crippen LogP contribution in [0.5, 0.6) is 0 Å². The van der Waals surface area contributed by atoms with Crippen LogP contribution in [-0.2, 0) is 5.41 Å². The van der Waals surface area contributed by atoms with E-state index in [1.807, 2.05) is 0 Å². The summed E-state index contributed by atoms with van der Waals surface area (Å²) in [5, 5.41) is 0. The second-order valence-corrected chi connectivity index (χ2v) is 14.7. The number of benzene rings is 2. The second kappa shape index (κ2) is 7.74. The van der Waals surface area contributed by atoms with Gasteiger partial charge in [-0.3, -0.25) is 0 Å². The van der Waals surface area contributed by atoms with E-state index in [4.69, 9.17) is 0 Å². The Morgan fingerprint density at radius 1 is 0.568 bits per heavy atom. The number of hydrogen-bond donors (Lipinski definition) is 0. The van der Waals surface area contributed by atoms with Gasteiger partial charge >= 0.3 is 0 Å². The minimum absolute atomic E-state index is 0.464. The fraction of sp³-hybridized carbons (Fsp3) is 0.568. The smallest absolute Gasteiger partial charge is 0.00412 e. The van der Waals surface area contributed by atoms with Gasteiger partial charge in [-0.25, -0.2) is 0 Å². The number of allylic oxidation sites excluding steroid dienone is 4. The van der Waals surface area contributed by atoms with Crippen LogP contribution < -0.4 is 0 Å². The molecule has 0 aromatic heterocycles. The predicted octanol–water partition coefficient (Wildman–Crippen LogP) is 8.67. The lowest BCUT2D eigenvalue weighted by Gasteiger charge is -2.44. The number of fused-ring (bicyclic) bond motifs is 18. The fourth-order valence-electron chi connectivity index (χ4n) is 12.6. The summed E-state index contributed by atoms with van der Waals surface area (Å²) < 4.78 is 0. The monoisotopic (exact) mass is 486 g/mol. The Bertz CT molecular complexity index is 1240. The van der Waals surface area contributed by atoms with Crippen LogP contribution in [0.15, 0.2) is 85.0 Å². The molecule has 8 aliphatic carbocycles. The van der Waals surface area contributed by atoms with E-state index >= 15 is 0 Å². The summed E-state index contributed by atoms with van der Waals surface area (Å²) in [6.45, 7) is 2.55. The molecule has 8 aliphatic rings. The minimum atomic E-state index is 0.464. The molecular weight excluding hydrogens is 444 g/mol. The molecule has 6 fully saturated rings. The van der Waals surface area contributed by atoms with Gasteiger partial charge in [0.05, 0.1) is 0 Å². The van der Waals surface area contributed by atoms with Crippen LogP contribution in [0.1, 0.15) is 62.5 Å². The lowest BCUT2D eigenvalue weighted by Crippen LogP contribution is -2.40. The summed E-state index contributed by atoms with van der Waals surface area (Å²) >= 11 is 0. The Morgan fingerprint density at radius 2 is 1.16 bits per heavy atom. The third-order valence-corrected chi connectivity index (χ3v) is 13.6. The Morgan fingerprint density at radius 3 is 1.86 bits per heavy atom. The van der Waals surface area contributed by atoms with E-state index in [-0.39, 0.29) is 0 Å². The van der Waals surface area contributed by atoms with E-state index < -0.39 is 0 Å². The van der Waals surface area contributed by atoms with Crippen molar-refractivity contribution in [1.82, 2.24) is 0 Å². The largest absolute Gasteiger partial charge is 0.0848 e. The SMILES string of the molecule is C1=CC2CC1C1C3CC(c4ccccc4)C(C3)C21.CC1(c2ccccc2)CC2CC1C1C3C=CC(C3)C21. The molecule has 0 N–H and O–H groups in total. The maximum absolute atomic E-state index is 2.55. The van der Waals surface area contributed by atoms with Crippen molar-refractivity contribution in [2.24, 2.45) is 71.0 Å². The summed E-state index contributed by atoms with van der Waals surface area (Å²) in [6, 6.07) is 22.7. The van der Waals surface area contributed by atoms with Gasteiger partial charge in [0.15, 0.2) is 0 Å². The van der Waals surface area contributed by atoms with Crippen molar-refractivity contribution in [2.75, 3.05) is 0 Å².